The molecule has 0 radical (unpaired) electrons. The summed E-state index contributed by atoms with van der Waals surface area (Å²) in [6, 6.07) is 12.2. The maximum absolute atomic E-state index is 13.3. The number of rotatable bonds is 7. The zero-order valence-corrected chi connectivity index (χ0v) is 17.7. The number of fused-ring (bicyclic) bond motifs is 1. The summed E-state index contributed by atoms with van der Waals surface area (Å²) in [6.07, 6.45) is 3.07. The highest BCUT2D eigenvalue weighted by molar-refractivity contribution is 8.00. The molecule has 1 aliphatic heterocycles. The summed E-state index contributed by atoms with van der Waals surface area (Å²) in [6.45, 7) is 3.42. The Hall–Kier alpha value is -2.51. The van der Waals surface area contributed by atoms with Gasteiger partial charge in [-0.1, -0.05) is 24.8 Å². The van der Waals surface area contributed by atoms with Gasteiger partial charge < -0.3 is 10.1 Å². The van der Waals surface area contributed by atoms with Crippen molar-refractivity contribution in [3.63, 3.8) is 0 Å². The maximum Gasteiger partial charge on any atom is 0.230 e. The number of nitrogens with one attached hydrogen (secondary N) is 1. The number of aryl methyl sites for hydroxylation is 1. The number of hydrogen-bond acceptors (Lipinski definition) is 5. The van der Waals surface area contributed by atoms with Crippen molar-refractivity contribution in [2.24, 2.45) is 0 Å². The number of halogens is 1. The highest BCUT2D eigenvalue weighted by Crippen LogP contribution is 2.29. The van der Waals surface area contributed by atoms with Crippen LogP contribution < -0.4 is 5.32 Å². The third-order valence-corrected chi connectivity index (χ3v) is 6.12. The third-order valence-electron chi connectivity index (χ3n) is 5.13. The molecule has 0 spiro atoms. The summed E-state index contributed by atoms with van der Waals surface area (Å²) in [5, 5.41) is 4.63. The van der Waals surface area contributed by atoms with E-state index >= 15 is 0 Å². The molecule has 1 N–H and O–H groups in total. The predicted octanol–water partition coefficient (Wildman–Crippen LogP) is 4.39. The smallest absolute Gasteiger partial charge is 0.230 e. The molecule has 5 nitrogen and oxygen atoms in total. The Morgan fingerprint density at radius 1 is 1.23 bits per heavy atom. The van der Waals surface area contributed by atoms with Crippen LogP contribution in [0.5, 0.6) is 0 Å². The van der Waals surface area contributed by atoms with E-state index in [1.54, 1.807) is 12.1 Å². The number of benzene rings is 2. The van der Waals surface area contributed by atoms with Gasteiger partial charge in [-0.05, 0) is 61.2 Å². The zero-order chi connectivity index (χ0) is 20.9. The van der Waals surface area contributed by atoms with E-state index in [2.05, 4.69) is 23.3 Å². The van der Waals surface area contributed by atoms with Crippen LogP contribution in [0, 0.1) is 5.82 Å². The second-order valence-corrected chi connectivity index (χ2v) is 8.26. The Kier molecular flexibility index (Phi) is 6.59. The molecule has 156 valence electrons. The van der Waals surface area contributed by atoms with E-state index < -0.39 is 0 Å². The van der Waals surface area contributed by atoms with Crippen LogP contribution in [0.3, 0.4) is 0 Å². The van der Waals surface area contributed by atoms with Crippen LogP contribution in [0.4, 0.5) is 4.39 Å². The minimum Gasteiger partial charge on any atom is -0.376 e. The number of aromatic nitrogens is 2. The third kappa shape index (κ3) is 4.96. The molecular formula is C23H24FN3O2S. The SMILES string of the molecule is CCc1ccc2nc(-c3ccc(F)cc3)nc(SCC(=O)NC[C@H]3CCCO3)c2c1. The fraction of sp³-hybridized carbons (Fsp3) is 0.348. The monoisotopic (exact) mass is 425 g/mol. The summed E-state index contributed by atoms with van der Waals surface area (Å²) in [4.78, 5) is 21.7. The number of nitrogens with zero attached hydrogens (tertiary/aromatic N) is 2. The van der Waals surface area contributed by atoms with Gasteiger partial charge >= 0.3 is 0 Å². The molecule has 0 aliphatic carbocycles. The molecule has 0 saturated carbocycles. The van der Waals surface area contributed by atoms with Gasteiger partial charge in [-0.25, -0.2) is 14.4 Å². The summed E-state index contributed by atoms with van der Waals surface area (Å²) < 4.78 is 18.9. The van der Waals surface area contributed by atoms with Crippen LogP contribution >= 0.6 is 11.8 Å². The number of thioether (sulfide) groups is 1. The molecule has 2 heterocycles. The maximum atomic E-state index is 13.3. The first kappa shape index (κ1) is 20.8. The highest BCUT2D eigenvalue weighted by atomic mass is 32.2. The fourth-order valence-electron chi connectivity index (χ4n) is 3.42. The van der Waals surface area contributed by atoms with Gasteiger partial charge in [-0.2, -0.15) is 0 Å². The predicted molar refractivity (Wildman–Crippen MR) is 117 cm³/mol. The molecule has 1 aliphatic rings. The van der Waals surface area contributed by atoms with Gasteiger partial charge in [0.1, 0.15) is 10.8 Å². The molecule has 7 heteroatoms. The van der Waals surface area contributed by atoms with E-state index in [0.717, 1.165) is 47.4 Å². The van der Waals surface area contributed by atoms with Crippen molar-refractivity contribution >= 4 is 28.6 Å². The Bertz CT molecular complexity index is 1040. The van der Waals surface area contributed by atoms with E-state index in [4.69, 9.17) is 9.72 Å². The molecular weight excluding hydrogens is 401 g/mol. The van der Waals surface area contributed by atoms with Gasteiger partial charge in [0.2, 0.25) is 5.91 Å². The summed E-state index contributed by atoms with van der Waals surface area (Å²) in [5.74, 6) is 0.439. The second kappa shape index (κ2) is 9.53. The van der Waals surface area contributed by atoms with Gasteiger partial charge in [0, 0.05) is 24.1 Å². The van der Waals surface area contributed by atoms with E-state index in [-0.39, 0.29) is 23.6 Å². The van der Waals surface area contributed by atoms with Crippen molar-refractivity contribution in [1.29, 1.82) is 0 Å². The van der Waals surface area contributed by atoms with E-state index in [1.165, 1.54) is 29.5 Å². The van der Waals surface area contributed by atoms with Gasteiger partial charge in [-0.15, -0.1) is 0 Å². The van der Waals surface area contributed by atoms with Crippen molar-refractivity contribution in [3.8, 4) is 11.4 Å². The topological polar surface area (TPSA) is 64.1 Å². The molecule has 2 aromatic carbocycles. The number of carbonyl (C=O) groups is 1. The van der Waals surface area contributed by atoms with E-state index in [9.17, 15) is 9.18 Å². The molecule has 0 bridgehead atoms. The van der Waals surface area contributed by atoms with Crippen molar-refractivity contribution in [2.75, 3.05) is 18.9 Å². The molecule has 3 aromatic rings. The van der Waals surface area contributed by atoms with E-state index in [1.807, 2.05) is 12.1 Å². The molecule has 1 atom stereocenters. The lowest BCUT2D eigenvalue weighted by atomic mass is 10.1. The molecule has 1 saturated heterocycles. The quantitative estimate of drug-likeness (QED) is 0.449. The summed E-state index contributed by atoms with van der Waals surface area (Å²) >= 11 is 1.39. The summed E-state index contributed by atoms with van der Waals surface area (Å²) in [7, 11) is 0. The Morgan fingerprint density at radius 2 is 2.07 bits per heavy atom. The zero-order valence-electron chi connectivity index (χ0n) is 16.9. The van der Waals surface area contributed by atoms with Crippen molar-refractivity contribution in [2.45, 2.75) is 37.3 Å². The average molecular weight is 426 g/mol. The standard InChI is InChI=1S/C23H24FN3O2S/c1-2-15-5-10-20-19(12-15)23(27-22(26-20)16-6-8-17(24)9-7-16)30-14-21(28)25-13-18-4-3-11-29-18/h5-10,12,18H,2-4,11,13-14H2,1H3,(H,25,28)/t18-/m1/s1. The minimum atomic E-state index is -0.301. The molecule has 30 heavy (non-hydrogen) atoms. The Morgan fingerprint density at radius 3 is 2.80 bits per heavy atom. The molecule has 0 unspecified atom stereocenters. The molecule has 4 rings (SSSR count). The second-order valence-electron chi connectivity index (χ2n) is 7.29. The van der Waals surface area contributed by atoms with Gasteiger partial charge in [0.15, 0.2) is 5.82 Å². The van der Waals surface area contributed by atoms with Crippen molar-refractivity contribution in [1.82, 2.24) is 15.3 Å². The first-order chi connectivity index (χ1) is 14.6. The van der Waals surface area contributed by atoms with Gasteiger partial charge in [0.05, 0.1) is 17.4 Å². The number of ether oxygens (including phenoxy) is 1. The van der Waals surface area contributed by atoms with Crippen LogP contribution in [0.2, 0.25) is 0 Å². The van der Waals surface area contributed by atoms with Gasteiger partial charge in [-0.3, -0.25) is 4.79 Å². The Labute approximate surface area is 179 Å². The molecule has 1 amide bonds. The first-order valence-electron chi connectivity index (χ1n) is 10.2. The number of carbonyl (C=O) groups excluding carboxylic acids is 1. The fourth-order valence-corrected chi connectivity index (χ4v) is 4.26. The van der Waals surface area contributed by atoms with Crippen LogP contribution in [-0.2, 0) is 16.0 Å². The average Bonchev–Trinajstić information content (AvgIpc) is 3.29. The Balaban J connectivity index is 1.57. The van der Waals surface area contributed by atoms with E-state index in [0.29, 0.717) is 12.4 Å². The largest absolute Gasteiger partial charge is 0.376 e. The normalized spacial score (nSPS) is 16.1. The van der Waals surface area contributed by atoms with Crippen molar-refractivity contribution < 1.29 is 13.9 Å². The van der Waals surface area contributed by atoms with Gasteiger partial charge in [0.25, 0.3) is 0 Å². The first-order valence-corrected chi connectivity index (χ1v) is 11.2. The van der Waals surface area contributed by atoms with Crippen LogP contribution in [0.1, 0.15) is 25.3 Å². The lowest BCUT2D eigenvalue weighted by molar-refractivity contribution is -0.119. The van der Waals surface area contributed by atoms with Crippen LogP contribution in [0.25, 0.3) is 22.3 Å². The lowest BCUT2D eigenvalue weighted by Crippen LogP contribution is -2.32. The number of amides is 1. The number of hydrogen-bond donors (Lipinski definition) is 1. The molecule has 1 fully saturated rings. The van der Waals surface area contributed by atoms with Crippen LogP contribution in [0.15, 0.2) is 47.5 Å². The lowest BCUT2D eigenvalue weighted by Gasteiger charge is -2.12. The highest BCUT2D eigenvalue weighted by Gasteiger charge is 2.17. The molecule has 1 aromatic heterocycles. The summed E-state index contributed by atoms with van der Waals surface area (Å²) in [5.41, 5.74) is 2.73. The van der Waals surface area contributed by atoms with Crippen LogP contribution in [-0.4, -0.2) is 40.9 Å². The van der Waals surface area contributed by atoms with Crippen molar-refractivity contribution in [3.05, 3.63) is 53.8 Å². The minimum absolute atomic E-state index is 0.0442.